The van der Waals surface area contributed by atoms with Gasteiger partial charge in [-0.2, -0.15) is 0 Å². The molecule has 2 saturated heterocycles. The smallest absolute Gasteiger partial charge is 0.127 e. The lowest BCUT2D eigenvalue weighted by atomic mass is 9.73. The fourth-order valence-electron chi connectivity index (χ4n) is 4.92. The summed E-state index contributed by atoms with van der Waals surface area (Å²) in [6.07, 6.45) is 8.26. The molecule has 0 aromatic heterocycles. The van der Waals surface area contributed by atoms with Gasteiger partial charge >= 0.3 is 0 Å². The van der Waals surface area contributed by atoms with Gasteiger partial charge in [0.25, 0.3) is 0 Å². The second-order valence-electron chi connectivity index (χ2n) is 8.24. The maximum atomic E-state index is 5.82. The monoisotopic (exact) mass is 387 g/mol. The molecule has 2 aliphatic rings. The Balaban J connectivity index is 1.85. The number of nitrogens with one attached hydrogen (secondary N) is 2. The molecule has 156 valence electrons. The SMILES string of the molecule is CC/C(=C\NC)c1cc(OC)c(CN2CCCC3(CCNCC3)C2)c(OC)c1. The first kappa shape index (κ1) is 21.0. The van der Waals surface area contributed by atoms with Crippen LogP contribution in [0.15, 0.2) is 18.3 Å². The standard InChI is InChI=1S/C23H37N3O2/c1-5-18(15-24-2)19-13-21(27-3)20(22(14-19)28-4)16-26-12-6-7-23(17-26)8-10-25-11-9-23/h13-15,24-25H,5-12,16-17H2,1-4H3/b18-15+. The highest BCUT2D eigenvalue weighted by Crippen LogP contribution is 2.40. The van der Waals surface area contributed by atoms with Crippen LogP contribution in [0, 0.1) is 5.41 Å². The molecule has 0 aliphatic carbocycles. The van der Waals surface area contributed by atoms with Crippen molar-refractivity contribution >= 4 is 5.57 Å². The number of allylic oxidation sites excluding steroid dienone is 1. The van der Waals surface area contributed by atoms with Crippen LogP contribution in [0.3, 0.4) is 0 Å². The zero-order valence-corrected chi connectivity index (χ0v) is 18.1. The van der Waals surface area contributed by atoms with E-state index in [1.807, 2.05) is 7.05 Å². The summed E-state index contributed by atoms with van der Waals surface area (Å²) in [5.41, 5.74) is 4.06. The van der Waals surface area contributed by atoms with E-state index in [9.17, 15) is 0 Å². The third kappa shape index (κ3) is 4.64. The van der Waals surface area contributed by atoms with Crippen molar-refractivity contribution < 1.29 is 9.47 Å². The topological polar surface area (TPSA) is 45.8 Å². The number of piperidine rings is 2. The minimum absolute atomic E-state index is 0.495. The Morgan fingerprint density at radius 2 is 1.86 bits per heavy atom. The van der Waals surface area contributed by atoms with Gasteiger partial charge in [-0.15, -0.1) is 0 Å². The van der Waals surface area contributed by atoms with Gasteiger partial charge in [0.1, 0.15) is 11.5 Å². The normalized spacial score (nSPS) is 20.2. The van der Waals surface area contributed by atoms with Gasteiger partial charge in [0, 0.05) is 20.1 Å². The number of ether oxygens (including phenoxy) is 2. The predicted molar refractivity (Wildman–Crippen MR) is 116 cm³/mol. The fourth-order valence-corrected chi connectivity index (χ4v) is 4.92. The lowest BCUT2D eigenvalue weighted by Gasteiger charge is -2.45. The van der Waals surface area contributed by atoms with E-state index < -0.39 is 0 Å². The highest BCUT2D eigenvalue weighted by molar-refractivity contribution is 5.69. The summed E-state index contributed by atoms with van der Waals surface area (Å²) >= 11 is 0. The molecule has 1 aromatic carbocycles. The Hall–Kier alpha value is -1.72. The number of likely N-dealkylation sites (tertiary alicyclic amines) is 1. The van der Waals surface area contributed by atoms with Gasteiger partial charge in [0.15, 0.2) is 0 Å². The Bertz CT molecular complexity index is 650. The van der Waals surface area contributed by atoms with Crippen LogP contribution >= 0.6 is 0 Å². The highest BCUT2D eigenvalue weighted by Gasteiger charge is 2.36. The number of benzene rings is 1. The molecule has 1 aromatic rings. The molecule has 1 spiro atoms. The van der Waals surface area contributed by atoms with E-state index in [0.717, 1.165) is 49.7 Å². The van der Waals surface area contributed by atoms with E-state index in [2.05, 4.69) is 40.8 Å². The van der Waals surface area contributed by atoms with Gasteiger partial charge in [-0.05, 0) is 86.6 Å². The number of methoxy groups -OCH3 is 2. The van der Waals surface area contributed by atoms with Crippen molar-refractivity contribution in [3.8, 4) is 11.5 Å². The van der Waals surface area contributed by atoms with Crippen molar-refractivity contribution in [3.05, 3.63) is 29.5 Å². The second-order valence-corrected chi connectivity index (χ2v) is 8.24. The lowest BCUT2D eigenvalue weighted by Crippen LogP contribution is -2.48. The number of hydrogen-bond donors (Lipinski definition) is 2. The average molecular weight is 388 g/mol. The first-order chi connectivity index (χ1) is 13.6. The van der Waals surface area contributed by atoms with Gasteiger partial charge in [-0.3, -0.25) is 4.90 Å². The molecule has 3 rings (SSSR count). The minimum atomic E-state index is 0.495. The summed E-state index contributed by atoms with van der Waals surface area (Å²) in [4.78, 5) is 2.61. The Kier molecular flexibility index (Phi) is 7.24. The maximum absolute atomic E-state index is 5.82. The molecule has 5 nitrogen and oxygen atoms in total. The zero-order chi connectivity index (χ0) is 20.0. The first-order valence-electron chi connectivity index (χ1n) is 10.7. The fraction of sp³-hybridized carbons (Fsp3) is 0.652. The van der Waals surface area contributed by atoms with Crippen molar-refractivity contribution in [2.24, 2.45) is 5.41 Å². The quantitative estimate of drug-likeness (QED) is 0.748. The zero-order valence-electron chi connectivity index (χ0n) is 18.1. The van der Waals surface area contributed by atoms with Gasteiger partial charge in [0.05, 0.1) is 19.8 Å². The average Bonchev–Trinajstić information content (AvgIpc) is 2.72. The van der Waals surface area contributed by atoms with Crippen molar-refractivity contribution in [3.63, 3.8) is 0 Å². The van der Waals surface area contributed by atoms with Crippen LogP contribution in [0.2, 0.25) is 0 Å². The molecule has 5 heteroatoms. The van der Waals surface area contributed by atoms with Crippen molar-refractivity contribution in [2.45, 2.75) is 45.6 Å². The second kappa shape index (κ2) is 9.66. The van der Waals surface area contributed by atoms with Crippen LogP contribution < -0.4 is 20.1 Å². The van der Waals surface area contributed by atoms with Gasteiger partial charge in [-0.1, -0.05) is 6.92 Å². The minimum Gasteiger partial charge on any atom is -0.496 e. The third-order valence-corrected chi connectivity index (χ3v) is 6.46. The summed E-state index contributed by atoms with van der Waals surface area (Å²) in [5.74, 6) is 1.85. The predicted octanol–water partition coefficient (Wildman–Crippen LogP) is 3.64. The van der Waals surface area contributed by atoms with E-state index in [-0.39, 0.29) is 0 Å². The van der Waals surface area contributed by atoms with Crippen molar-refractivity contribution in [1.29, 1.82) is 0 Å². The summed E-state index contributed by atoms with van der Waals surface area (Å²) < 4.78 is 11.6. The van der Waals surface area contributed by atoms with Gasteiger partial charge in [0.2, 0.25) is 0 Å². The van der Waals surface area contributed by atoms with Crippen LogP contribution in [-0.2, 0) is 6.54 Å². The van der Waals surface area contributed by atoms with Crippen LogP contribution in [-0.4, -0.2) is 52.3 Å². The van der Waals surface area contributed by atoms with Crippen molar-refractivity contribution in [1.82, 2.24) is 15.5 Å². The molecule has 0 saturated carbocycles. The van der Waals surface area contributed by atoms with E-state index in [0.29, 0.717) is 5.41 Å². The molecule has 0 unspecified atom stereocenters. The van der Waals surface area contributed by atoms with Gasteiger partial charge < -0.3 is 20.1 Å². The Morgan fingerprint density at radius 1 is 1.18 bits per heavy atom. The number of hydrogen-bond acceptors (Lipinski definition) is 5. The first-order valence-corrected chi connectivity index (χ1v) is 10.7. The van der Waals surface area contributed by atoms with Crippen LogP contribution in [0.1, 0.15) is 50.2 Å². The molecule has 28 heavy (non-hydrogen) atoms. The van der Waals surface area contributed by atoms with Gasteiger partial charge in [-0.25, -0.2) is 0 Å². The summed E-state index contributed by atoms with van der Waals surface area (Å²) in [7, 11) is 5.46. The summed E-state index contributed by atoms with van der Waals surface area (Å²) in [5, 5.41) is 6.67. The third-order valence-electron chi connectivity index (χ3n) is 6.46. The van der Waals surface area contributed by atoms with E-state index >= 15 is 0 Å². The van der Waals surface area contributed by atoms with Crippen molar-refractivity contribution in [2.75, 3.05) is 47.4 Å². The maximum Gasteiger partial charge on any atom is 0.127 e. The molecular weight excluding hydrogens is 350 g/mol. The van der Waals surface area contributed by atoms with E-state index in [4.69, 9.17) is 9.47 Å². The van der Waals surface area contributed by atoms with E-state index in [1.54, 1.807) is 14.2 Å². The molecule has 2 N–H and O–H groups in total. The largest absolute Gasteiger partial charge is 0.496 e. The summed E-state index contributed by atoms with van der Waals surface area (Å²) in [6.45, 7) is 7.71. The Morgan fingerprint density at radius 3 is 2.43 bits per heavy atom. The summed E-state index contributed by atoms with van der Waals surface area (Å²) in [6, 6.07) is 4.32. The molecule has 0 bridgehead atoms. The highest BCUT2D eigenvalue weighted by atomic mass is 16.5. The molecule has 0 radical (unpaired) electrons. The molecule has 0 atom stereocenters. The van der Waals surface area contributed by atoms with E-state index in [1.165, 1.54) is 43.4 Å². The van der Waals surface area contributed by atoms with Crippen LogP contribution in [0.25, 0.3) is 5.57 Å². The van der Waals surface area contributed by atoms with Crippen LogP contribution in [0.4, 0.5) is 0 Å². The molecule has 0 amide bonds. The molecule has 2 aliphatic heterocycles. The Labute approximate surface area is 170 Å². The number of nitrogens with zero attached hydrogens (tertiary/aromatic N) is 1. The lowest BCUT2D eigenvalue weighted by molar-refractivity contribution is 0.0543. The number of rotatable bonds is 7. The molecule has 2 heterocycles. The molecule has 2 fully saturated rings. The van der Waals surface area contributed by atoms with Crippen LogP contribution in [0.5, 0.6) is 11.5 Å². The molecular formula is C23H37N3O2.